The molecule has 1 N–H and O–H groups in total. The third kappa shape index (κ3) is 3.32. The van der Waals surface area contributed by atoms with Crippen LogP contribution in [0.5, 0.6) is 0 Å². The van der Waals surface area contributed by atoms with Crippen molar-refractivity contribution < 1.29 is 0 Å². The molecular formula is C16H22N4. The summed E-state index contributed by atoms with van der Waals surface area (Å²) in [6.07, 6.45) is 2.70. The van der Waals surface area contributed by atoms with Crippen molar-refractivity contribution in [2.24, 2.45) is 0 Å². The normalized spacial score (nSPS) is 12.2. The number of pyridine rings is 1. The Hall–Kier alpha value is -1.97. The molecule has 0 aliphatic rings. The van der Waals surface area contributed by atoms with Gasteiger partial charge in [0.2, 0.25) is 5.95 Å². The zero-order chi connectivity index (χ0) is 14.7. The Morgan fingerprint density at radius 1 is 1.10 bits per heavy atom. The lowest BCUT2D eigenvalue weighted by molar-refractivity contribution is 0.751. The predicted octanol–water partition coefficient (Wildman–Crippen LogP) is 3.15. The molecule has 0 fully saturated rings. The smallest absolute Gasteiger partial charge is 0.223 e. The molecule has 0 radical (unpaired) electrons. The topological polar surface area (TPSA) is 50.7 Å². The van der Waals surface area contributed by atoms with E-state index >= 15 is 0 Å². The predicted molar refractivity (Wildman–Crippen MR) is 82.0 cm³/mol. The quantitative estimate of drug-likeness (QED) is 0.927. The first-order chi connectivity index (χ1) is 9.47. The van der Waals surface area contributed by atoms with Crippen LogP contribution in [0.2, 0.25) is 0 Å². The second-order valence-electron chi connectivity index (χ2n) is 5.36. The number of hydrogen-bond donors (Lipinski definition) is 1. The molecule has 20 heavy (non-hydrogen) atoms. The number of hydrogen-bond acceptors (Lipinski definition) is 4. The maximum atomic E-state index is 4.49. The Morgan fingerprint density at radius 3 is 2.35 bits per heavy atom. The van der Waals surface area contributed by atoms with Gasteiger partial charge in [-0.2, -0.15) is 0 Å². The van der Waals surface area contributed by atoms with Crippen molar-refractivity contribution in [3.05, 3.63) is 46.5 Å². The number of rotatable bonds is 4. The molecule has 4 nitrogen and oxygen atoms in total. The van der Waals surface area contributed by atoms with Crippen molar-refractivity contribution in [2.75, 3.05) is 5.32 Å². The SMILES string of the molecule is Cc1cccnc1CC(C)Nc1nc(C)c(C)c(C)n1. The first kappa shape index (κ1) is 14.4. The van der Waals surface area contributed by atoms with Crippen LogP contribution in [0.25, 0.3) is 0 Å². The lowest BCUT2D eigenvalue weighted by Crippen LogP contribution is -2.21. The highest BCUT2D eigenvalue weighted by Crippen LogP contribution is 2.13. The van der Waals surface area contributed by atoms with Gasteiger partial charge >= 0.3 is 0 Å². The van der Waals surface area contributed by atoms with Crippen molar-refractivity contribution in [3.8, 4) is 0 Å². The van der Waals surface area contributed by atoms with Gasteiger partial charge in [-0.1, -0.05) is 6.07 Å². The average Bonchev–Trinajstić information content (AvgIpc) is 2.38. The van der Waals surface area contributed by atoms with E-state index in [1.165, 1.54) is 5.56 Å². The van der Waals surface area contributed by atoms with E-state index in [0.717, 1.165) is 29.1 Å². The maximum absolute atomic E-state index is 4.49. The lowest BCUT2D eigenvalue weighted by atomic mass is 10.1. The minimum Gasteiger partial charge on any atom is -0.351 e. The third-order valence-corrected chi connectivity index (χ3v) is 3.63. The first-order valence-corrected chi connectivity index (χ1v) is 6.96. The van der Waals surface area contributed by atoms with Crippen molar-refractivity contribution in [3.63, 3.8) is 0 Å². The molecule has 106 valence electrons. The van der Waals surface area contributed by atoms with Gasteiger partial charge in [0.15, 0.2) is 0 Å². The van der Waals surface area contributed by atoms with E-state index < -0.39 is 0 Å². The van der Waals surface area contributed by atoms with Gasteiger partial charge in [0, 0.05) is 35.7 Å². The Bertz CT molecular complexity index is 584. The molecule has 0 spiro atoms. The van der Waals surface area contributed by atoms with Crippen molar-refractivity contribution >= 4 is 5.95 Å². The second-order valence-corrected chi connectivity index (χ2v) is 5.36. The van der Waals surface area contributed by atoms with E-state index in [-0.39, 0.29) is 6.04 Å². The largest absolute Gasteiger partial charge is 0.351 e. The minimum atomic E-state index is 0.241. The number of aromatic nitrogens is 3. The van der Waals surface area contributed by atoms with E-state index in [2.05, 4.69) is 47.1 Å². The monoisotopic (exact) mass is 270 g/mol. The number of nitrogens with one attached hydrogen (secondary N) is 1. The number of nitrogens with zero attached hydrogens (tertiary/aromatic N) is 3. The molecule has 0 saturated carbocycles. The number of aryl methyl sites for hydroxylation is 3. The Kier molecular flexibility index (Phi) is 4.32. The zero-order valence-corrected chi connectivity index (χ0v) is 12.9. The van der Waals surface area contributed by atoms with Crippen LogP contribution in [-0.2, 0) is 6.42 Å². The fourth-order valence-electron chi connectivity index (χ4n) is 2.13. The van der Waals surface area contributed by atoms with E-state index in [1.807, 2.05) is 26.1 Å². The van der Waals surface area contributed by atoms with Crippen LogP contribution < -0.4 is 5.32 Å². The van der Waals surface area contributed by atoms with Crippen LogP contribution in [0.4, 0.5) is 5.95 Å². The fourth-order valence-corrected chi connectivity index (χ4v) is 2.13. The zero-order valence-electron chi connectivity index (χ0n) is 12.9. The van der Waals surface area contributed by atoms with Crippen LogP contribution in [0.3, 0.4) is 0 Å². The molecule has 0 amide bonds. The molecule has 0 aliphatic carbocycles. The molecule has 0 aliphatic heterocycles. The molecule has 0 bridgehead atoms. The van der Waals surface area contributed by atoms with Gasteiger partial charge in [-0.25, -0.2) is 9.97 Å². The highest BCUT2D eigenvalue weighted by atomic mass is 15.1. The van der Waals surface area contributed by atoms with Gasteiger partial charge in [-0.05, 0) is 51.8 Å². The molecule has 0 aromatic carbocycles. The molecule has 2 aromatic rings. The fraction of sp³-hybridized carbons (Fsp3) is 0.438. The van der Waals surface area contributed by atoms with Gasteiger partial charge in [-0.15, -0.1) is 0 Å². The molecule has 2 heterocycles. The Balaban J connectivity index is 2.09. The summed E-state index contributed by atoms with van der Waals surface area (Å²) in [7, 11) is 0. The van der Waals surface area contributed by atoms with Gasteiger partial charge in [0.25, 0.3) is 0 Å². The summed E-state index contributed by atoms with van der Waals surface area (Å²) in [4.78, 5) is 13.4. The van der Waals surface area contributed by atoms with Crippen molar-refractivity contribution in [1.82, 2.24) is 15.0 Å². The molecule has 0 saturated heterocycles. The van der Waals surface area contributed by atoms with Crippen LogP contribution in [0.15, 0.2) is 18.3 Å². The van der Waals surface area contributed by atoms with Gasteiger partial charge in [-0.3, -0.25) is 4.98 Å². The van der Waals surface area contributed by atoms with E-state index in [9.17, 15) is 0 Å². The second kappa shape index (κ2) is 5.99. The summed E-state index contributed by atoms with van der Waals surface area (Å²) < 4.78 is 0. The third-order valence-electron chi connectivity index (χ3n) is 3.63. The van der Waals surface area contributed by atoms with E-state index in [0.29, 0.717) is 5.95 Å². The molecule has 1 unspecified atom stereocenters. The lowest BCUT2D eigenvalue weighted by Gasteiger charge is -2.16. The molecule has 2 aromatic heterocycles. The Morgan fingerprint density at radius 2 is 1.75 bits per heavy atom. The van der Waals surface area contributed by atoms with Gasteiger partial charge in [0.1, 0.15) is 0 Å². The van der Waals surface area contributed by atoms with Crippen LogP contribution in [0, 0.1) is 27.7 Å². The molecule has 1 atom stereocenters. The van der Waals surface area contributed by atoms with E-state index in [1.54, 1.807) is 0 Å². The highest BCUT2D eigenvalue weighted by Gasteiger charge is 2.10. The summed E-state index contributed by atoms with van der Waals surface area (Å²) in [5.41, 5.74) is 5.55. The average molecular weight is 270 g/mol. The highest BCUT2D eigenvalue weighted by molar-refractivity contribution is 5.34. The Labute approximate surface area is 120 Å². The van der Waals surface area contributed by atoms with Crippen molar-refractivity contribution in [2.45, 2.75) is 47.1 Å². The minimum absolute atomic E-state index is 0.241. The maximum Gasteiger partial charge on any atom is 0.223 e. The van der Waals surface area contributed by atoms with Crippen molar-refractivity contribution in [1.29, 1.82) is 0 Å². The summed E-state index contributed by atoms with van der Waals surface area (Å²) in [5, 5.41) is 3.36. The standard InChI is InChI=1S/C16H22N4/c1-10-7-6-8-17-15(10)9-11(2)18-16-19-13(4)12(3)14(5)20-16/h6-8,11H,9H2,1-5H3,(H,18,19,20). The number of anilines is 1. The summed E-state index contributed by atoms with van der Waals surface area (Å²) >= 11 is 0. The van der Waals surface area contributed by atoms with Crippen LogP contribution in [0.1, 0.15) is 35.1 Å². The summed E-state index contributed by atoms with van der Waals surface area (Å²) in [6, 6.07) is 4.29. The van der Waals surface area contributed by atoms with Gasteiger partial charge in [0.05, 0.1) is 0 Å². The summed E-state index contributed by atoms with van der Waals surface area (Å²) in [6.45, 7) is 10.3. The summed E-state index contributed by atoms with van der Waals surface area (Å²) in [5.74, 6) is 0.701. The van der Waals surface area contributed by atoms with Gasteiger partial charge < -0.3 is 5.32 Å². The van der Waals surface area contributed by atoms with Crippen LogP contribution >= 0.6 is 0 Å². The molecular weight excluding hydrogens is 248 g/mol. The molecule has 2 rings (SSSR count). The molecule has 4 heteroatoms. The van der Waals surface area contributed by atoms with E-state index in [4.69, 9.17) is 0 Å². The van der Waals surface area contributed by atoms with Crippen LogP contribution in [-0.4, -0.2) is 21.0 Å². The first-order valence-electron chi connectivity index (χ1n) is 6.96.